The largest absolute Gasteiger partial charge is 0.423 e. The van der Waals surface area contributed by atoms with Crippen molar-refractivity contribution < 1.29 is 14.3 Å². The van der Waals surface area contributed by atoms with Gasteiger partial charge >= 0.3 is 5.63 Å². The molecule has 0 aliphatic carbocycles. The SMILES string of the molecule is O=C(Nc1ccc2oc(=O)ccc2c1)C1CC(O)CN1. The van der Waals surface area contributed by atoms with E-state index in [0.29, 0.717) is 24.2 Å². The first kappa shape index (κ1) is 12.8. The maximum atomic E-state index is 12.0. The topological polar surface area (TPSA) is 91.6 Å². The molecule has 6 heteroatoms. The van der Waals surface area contributed by atoms with Crippen LogP contribution in [0.25, 0.3) is 11.0 Å². The van der Waals surface area contributed by atoms with Crippen LogP contribution in [0.3, 0.4) is 0 Å². The fraction of sp³-hybridized carbons (Fsp3) is 0.286. The number of rotatable bonds is 2. The van der Waals surface area contributed by atoms with Crippen LogP contribution < -0.4 is 16.3 Å². The number of aliphatic hydroxyl groups excluding tert-OH is 1. The third kappa shape index (κ3) is 2.56. The first-order valence-electron chi connectivity index (χ1n) is 6.38. The van der Waals surface area contributed by atoms with Gasteiger partial charge < -0.3 is 20.2 Å². The minimum Gasteiger partial charge on any atom is -0.423 e. The van der Waals surface area contributed by atoms with Gasteiger partial charge in [-0.15, -0.1) is 0 Å². The molecule has 3 rings (SSSR count). The Labute approximate surface area is 114 Å². The molecule has 1 aliphatic heterocycles. The lowest BCUT2D eigenvalue weighted by Gasteiger charge is -2.11. The second-order valence-corrected chi connectivity index (χ2v) is 4.85. The summed E-state index contributed by atoms with van der Waals surface area (Å²) >= 11 is 0. The molecule has 6 nitrogen and oxygen atoms in total. The van der Waals surface area contributed by atoms with Gasteiger partial charge in [-0.05, 0) is 30.7 Å². The monoisotopic (exact) mass is 274 g/mol. The first-order chi connectivity index (χ1) is 9.61. The molecule has 1 saturated heterocycles. The first-order valence-corrected chi connectivity index (χ1v) is 6.38. The molecule has 0 spiro atoms. The maximum Gasteiger partial charge on any atom is 0.336 e. The summed E-state index contributed by atoms with van der Waals surface area (Å²) in [5, 5.41) is 15.9. The quantitative estimate of drug-likeness (QED) is 0.692. The van der Waals surface area contributed by atoms with E-state index in [1.807, 2.05) is 0 Å². The highest BCUT2D eigenvalue weighted by molar-refractivity contribution is 5.96. The van der Waals surface area contributed by atoms with Crippen molar-refractivity contribution in [2.75, 3.05) is 11.9 Å². The summed E-state index contributed by atoms with van der Waals surface area (Å²) in [6.07, 6.45) is -0.0643. The maximum absolute atomic E-state index is 12.0. The summed E-state index contributed by atoms with van der Waals surface area (Å²) < 4.78 is 5.02. The minimum absolute atomic E-state index is 0.182. The molecule has 1 aromatic heterocycles. The standard InChI is InChI=1S/C14H14N2O4/c17-10-6-11(15-7-10)14(19)16-9-2-3-12-8(5-9)1-4-13(18)20-12/h1-5,10-11,15,17H,6-7H2,(H,16,19). The number of carbonyl (C=O) groups is 1. The fourth-order valence-electron chi connectivity index (χ4n) is 2.30. The van der Waals surface area contributed by atoms with Crippen LogP contribution in [0.2, 0.25) is 0 Å². The summed E-state index contributed by atoms with van der Waals surface area (Å²) in [6.45, 7) is 0.432. The lowest BCUT2D eigenvalue weighted by molar-refractivity contribution is -0.117. The van der Waals surface area contributed by atoms with Crippen LogP contribution in [-0.4, -0.2) is 29.7 Å². The zero-order chi connectivity index (χ0) is 14.1. The van der Waals surface area contributed by atoms with E-state index in [4.69, 9.17) is 4.42 Å². The van der Waals surface area contributed by atoms with Gasteiger partial charge in [0.05, 0.1) is 12.1 Å². The van der Waals surface area contributed by atoms with Gasteiger partial charge in [0.2, 0.25) is 5.91 Å². The van der Waals surface area contributed by atoms with E-state index in [1.165, 1.54) is 6.07 Å². The van der Waals surface area contributed by atoms with E-state index in [1.54, 1.807) is 24.3 Å². The Hall–Kier alpha value is -2.18. The van der Waals surface area contributed by atoms with Crippen molar-refractivity contribution >= 4 is 22.6 Å². The predicted molar refractivity (Wildman–Crippen MR) is 73.5 cm³/mol. The summed E-state index contributed by atoms with van der Waals surface area (Å²) in [6, 6.07) is 7.66. The number of hydrogen-bond acceptors (Lipinski definition) is 5. The van der Waals surface area contributed by atoms with Crippen molar-refractivity contribution in [2.24, 2.45) is 0 Å². The molecule has 2 aromatic rings. The second-order valence-electron chi connectivity index (χ2n) is 4.85. The Morgan fingerprint density at radius 2 is 2.20 bits per heavy atom. The lowest BCUT2D eigenvalue weighted by Crippen LogP contribution is -2.35. The molecule has 0 bridgehead atoms. The minimum atomic E-state index is -0.475. The highest BCUT2D eigenvalue weighted by atomic mass is 16.4. The van der Waals surface area contributed by atoms with Gasteiger partial charge in [-0.2, -0.15) is 0 Å². The van der Waals surface area contributed by atoms with Crippen LogP contribution in [0, 0.1) is 0 Å². The van der Waals surface area contributed by atoms with Gasteiger partial charge in [0, 0.05) is 23.7 Å². The normalized spacial score (nSPS) is 22.1. The Kier molecular flexibility index (Phi) is 3.25. The number of fused-ring (bicyclic) bond motifs is 1. The van der Waals surface area contributed by atoms with Crippen LogP contribution in [-0.2, 0) is 4.79 Å². The molecule has 2 heterocycles. The molecule has 0 radical (unpaired) electrons. The average Bonchev–Trinajstić information content (AvgIpc) is 2.86. The molecule has 2 unspecified atom stereocenters. The third-order valence-electron chi connectivity index (χ3n) is 3.31. The Balaban J connectivity index is 1.79. The number of β-amino-alcohol motifs (C(OH)–C–C–N with tert-alkyl or cyclic N) is 1. The van der Waals surface area contributed by atoms with E-state index in [2.05, 4.69) is 10.6 Å². The highest BCUT2D eigenvalue weighted by Gasteiger charge is 2.27. The fourth-order valence-corrected chi connectivity index (χ4v) is 2.30. The van der Waals surface area contributed by atoms with Crippen molar-refractivity contribution in [3.05, 3.63) is 40.8 Å². The predicted octanol–water partition coefficient (Wildman–Crippen LogP) is 0.454. The molecule has 104 valence electrons. The summed E-state index contributed by atoms with van der Waals surface area (Å²) in [5.41, 5.74) is 0.697. The number of aliphatic hydroxyl groups is 1. The van der Waals surface area contributed by atoms with E-state index in [-0.39, 0.29) is 11.9 Å². The van der Waals surface area contributed by atoms with E-state index >= 15 is 0 Å². The second kappa shape index (κ2) is 5.07. The molecule has 1 aromatic carbocycles. The number of hydrogen-bond donors (Lipinski definition) is 3. The zero-order valence-corrected chi connectivity index (χ0v) is 10.6. The summed E-state index contributed by atoms with van der Waals surface area (Å²) in [4.78, 5) is 23.1. The summed E-state index contributed by atoms with van der Waals surface area (Å²) in [7, 11) is 0. The van der Waals surface area contributed by atoms with Gasteiger partial charge in [0.25, 0.3) is 0 Å². The molecule has 2 atom stereocenters. The number of carbonyl (C=O) groups excluding carboxylic acids is 1. The van der Waals surface area contributed by atoms with Gasteiger partial charge in [0.15, 0.2) is 0 Å². The number of benzene rings is 1. The Bertz CT molecular complexity index is 710. The molecular formula is C14H14N2O4. The Morgan fingerprint density at radius 3 is 2.95 bits per heavy atom. The average molecular weight is 274 g/mol. The van der Waals surface area contributed by atoms with Gasteiger partial charge in [-0.3, -0.25) is 4.79 Å². The van der Waals surface area contributed by atoms with Crippen LogP contribution in [0.5, 0.6) is 0 Å². The molecule has 20 heavy (non-hydrogen) atoms. The molecule has 1 amide bonds. The molecule has 3 N–H and O–H groups in total. The van der Waals surface area contributed by atoms with Gasteiger partial charge in [-0.25, -0.2) is 4.79 Å². The number of nitrogens with one attached hydrogen (secondary N) is 2. The smallest absolute Gasteiger partial charge is 0.336 e. The van der Waals surface area contributed by atoms with Crippen LogP contribution in [0.1, 0.15) is 6.42 Å². The highest BCUT2D eigenvalue weighted by Crippen LogP contribution is 2.18. The van der Waals surface area contributed by atoms with Crippen LogP contribution in [0.15, 0.2) is 39.5 Å². The molecule has 1 aliphatic rings. The van der Waals surface area contributed by atoms with Crippen LogP contribution >= 0.6 is 0 Å². The zero-order valence-electron chi connectivity index (χ0n) is 10.6. The van der Waals surface area contributed by atoms with Crippen LogP contribution in [0.4, 0.5) is 5.69 Å². The van der Waals surface area contributed by atoms with E-state index < -0.39 is 11.7 Å². The van der Waals surface area contributed by atoms with Crippen molar-refractivity contribution in [3.8, 4) is 0 Å². The molecule has 0 saturated carbocycles. The van der Waals surface area contributed by atoms with Crippen molar-refractivity contribution in [1.82, 2.24) is 5.32 Å². The van der Waals surface area contributed by atoms with E-state index in [9.17, 15) is 14.7 Å². The third-order valence-corrected chi connectivity index (χ3v) is 3.31. The van der Waals surface area contributed by atoms with Crippen molar-refractivity contribution in [3.63, 3.8) is 0 Å². The molecular weight excluding hydrogens is 260 g/mol. The van der Waals surface area contributed by atoms with E-state index in [0.717, 1.165) is 5.39 Å². The lowest BCUT2D eigenvalue weighted by atomic mass is 10.1. The number of anilines is 1. The number of amides is 1. The van der Waals surface area contributed by atoms with Gasteiger partial charge in [0.1, 0.15) is 5.58 Å². The van der Waals surface area contributed by atoms with Crippen molar-refractivity contribution in [2.45, 2.75) is 18.6 Å². The Morgan fingerprint density at radius 1 is 1.35 bits per heavy atom. The van der Waals surface area contributed by atoms with Crippen molar-refractivity contribution in [1.29, 1.82) is 0 Å². The summed E-state index contributed by atoms with van der Waals surface area (Å²) in [5.74, 6) is -0.182. The molecule has 1 fully saturated rings. The van der Waals surface area contributed by atoms with Gasteiger partial charge in [-0.1, -0.05) is 0 Å².